The van der Waals surface area contributed by atoms with E-state index in [0.29, 0.717) is 18.7 Å². The van der Waals surface area contributed by atoms with Crippen LogP contribution in [-0.2, 0) is 19.2 Å². The number of amides is 3. The number of carbonyl (C=O) groups is 4. The molecule has 0 heterocycles. The number of nitrogens with zero attached hydrogens (tertiary/aromatic N) is 1. The fourth-order valence-electron chi connectivity index (χ4n) is 3.05. The van der Waals surface area contributed by atoms with Crippen LogP contribution in [0, 0.1) is 5.92 Å². The van der Waals surface area contributed by atoms with Crippen LogP contribution >= 0.6 is 11.8 Å². The van der Waals surface area contributed by atoms with Crippen LogP contribution in [0.4, 0.5) is 0 Å². The second kappa shape index (κ2) is 16.9. The van der Waals surface area contributed by atoms with E-state index in [4.69, 9.17) is 17.2 Å². The molecule has 0 saturated carbocycles. The number of rotatable bonds is 17. The summed E-state index contributed by atoms with van der Waals surface area (Å²) in [5.74, 6) is -2.86. The minimum Gasteiger partial charge on any atom is -0.480 e. The standard InChI is InChI=1S/C21H41N7O6S/c1-11(2)10-15(20(33)34)27-19(32)16(12(3)29)28-18(31)14(7-9-35-4)26-17(30)13(22)6-5-8-25-21(23)24/h11-16,29H,5-10,22H2,1-4H3,(H,26,30)(H,27,32)(H,28,31)(H,33,34)(H4,23,24,25). The summed E-state index contributed by atoms with van der Waals surface area (Å²) in [4.78, 5) is 53.4. The highest BCUT2D eigenvalue weighted by molar-refractivity contribution is 7.98. The zero-order chi connectivity index (χ0) is 27.1. The summed E-state index contributed by atoms with van der Waals surface area (Å²) in [5, 5.41) is 26.8. The SMILES string of the molecule is CSCCC(NC(=O)C(N)CCCN=C(N)N)C(=O)NC(C(=O)NC(CC(C)C)C(=O)O)C(C)O. The summed E-state index contributed by atoms with van der Waals surface area (Å²) in [7, 11) is 0. The molecule has 0 rings (SSSR count). The van der Waals surface area contributed by atoms with Crippen LogP contribution in [0.5, 0.6) is 0 Å². The Bertz CT molecular complexity index is 731. The predicted molar refractivity (Wildman–Crippen MR) is 135 cm³/mol. The molecule has 0 aromatic heterocycles. The van der Waals surface area contributed by atoms with Gasteiger partial charge in [-0.05, 0) is 50.5 Å². The Kier molecular flexibility index (Phi) is 15.7. The molecule has 35 heavy (non-hydrogen) atoms. The molecule has 3 amide bonds. The molecule has 14 heteroatoms. The molecule has 0 aromatic rings. The van der Waals surface area contributed by atoms with E-state index in [9.17, 15) is 29.4 Å². The number of guanidine groups is 1. The lowest BCUT2D eigenvalue weighted by Crippen LogP contribution is -2.60. The number of aliphatic hydroxyl groups excluding tert-OH is 1. The summed E-state index contributed by atoms with van der Waals surface area (Å²) in [6.07, 6.45) is 1.68. The van der Waals surface area contributed by atoms with E-state index in [1.165, 1.54) is 18.7 Å². The van der Waals surface area contributed by atoms with E-state index in [-0.39, 0.29) is 31.1 Å². The quantitative estimate of drug-likeness (QED) is 0.0602. The van der Waals surface area contributed by atoms with Crippen molar-refractivity contribution in [1.29, 1.82) is 0 Å². The first kappa shape index (κ1) is 32.4. The van der Waals surface area contributed by atoms with E-state index >= 15 is 0 Å². The first-order valence-electron chi connectivity index (χ1n) is 11.4. The van der Waals surface area contributed by atoms with Gasteiger partial charge in [-0.3, -0.25) is 19.4 Å². The number of carboxylic acids is 1. The molecule has 202 valence electrons. The fourth-order valence-corrected chi connectivity index (χ4v) is 3.52. The molecule has 5 atom stereocenters. The van der Waals surface area contributed by atoms with Gasteiger partial charge < -0.3 is 43.4 Å². The van der Waals surface area contributed by atoms with Crippen LogP contribution in [0.15, 0.2) is 4.99 Å². The minimum atomic E-state index is -1.42. The maximum absolute atomic E-state index is 12.9. The fraction of sp³-hybridized carbons (Fsp3) is 0.762. The van der Waals surface area contributed by atoms with Crippen LogP contribution in [0.25, 0.3) is 0 Å². The maximum atomic E-state index is 12.9. The summed E-state index contributed by atoms with van der Waals surface area (Å²) in [6, 6.07) is -4.52. The van der Waals surface area contributed by atoms with Crippen LogP contribution < -0.4 is 33.2 Å². The van der Waals surface area contributed by atoms with Gasteiger partial charge in [-0.2, -0.15) is 11.8 Å². The summed E-state index contributed by atoms with van der Waals surface area (Å²) in [6.45, 7) is 5.21. The number of nitrogens with two attached hydrogens (primary N) is 3. The second-order valence-electron chi connectivity index (χ2n) is 8.65. The third kappa shape index (κ3) is 13.8. The van der Waals surface area contributed by atoms with Crippen molar-refractivity contribution in [2.75, 3.05) is 18.6 Å². The Morgan fingerprint density at radius 1 is 0.943 bits per heavy atom. The smallest absolute Gasteiger partial charge is 0.326 e. The van der Waals surface area contributed by atoms with Crippen molar-refractivity contribution in [1.82, 2.24) is 16.0 Å². The first-order chi connectivity index (χ1) is 16.3. The maximum Gasteiger partial charge on any atom is 0.326 e. The number of aliphatic hydroxyl groups is 1. The van der Waals surface area contributed by atoms with Gasteiger partial charge in [0.05, 0.1) is 12.1 Å². The Morgan fingerprint density at radius 2 is 1.54 bits per heavy atom. The predicted octanol–water partition coefficient (Wildman–Crippen LogP) is -1.91. The van der Waals surface area contributed by atoms with Crippen LogP contribution in [0.3, 0.4) is 0 Å². The van der Waals surface area contributed by atoms with Crippen molar-refractivity contribution in [2.45, 2.75) is 76.7 Å². The zero-order valence-corrected chi connectivity index (χ0v) is 21.6. The van der Waals surface area contributed by atoms with E-state index < -0.39 is 54.0 Å². The van der Waals surface area contributed by atoms with Gasteiger partial charge >= 0.3 is 5.97 Å². The second-order valence-corrected chi connectivity index (χ2v) is 9.64. The van der Waals surface area contributed by atoms with Crippen molar-refractivity contribution >= 4 is 41.4 Å². The molecule has 11 N–H and O–H groups in total. The highest BCUT2D eigenvalue weighted by atomic mass is 32.2. The van der Waals surface area contributed by atoms with E-state index in [1.807, 2.05) is 6.26 Å². The Labute approximate surface area is 210 Å². The highest BCUT2D eigenvalue weighted by Crippen LogP contribution is 2.08. The number of nitrogens with one attached hydrogen (secondary N) is 3. The topological polar surface area (TPSA) is 235 Å². The number of hydrogen-bond donors (Lipinski definition) is 8. The Hall–Kier alpha value is -2.58. The van der Waals surface area contributed by atoms with Crippen LogP contribution in [0.2, 0.25) is 0 Å². The van der Waals surface area contributed by atoms with Crippen molar-refractivity contribution in [2.24, 2.45) is 28.1 Å². The molecule has 0 fully saturated rings. The molecule has 5 unspecified atom stereocenters. The van der Waals surface area contributed by atoms with Gasteiger partial charge in [0, 0.05) is 6.54 Å². The van der Waals surface area contributed by atoms with Crippen molar-refractivity contribution in [3.63, 3.8) is 0 Å². The molecule has 0 aliphatic carbocycles. The number of aliphatic carboxylic acids is 1. The number of aliphatic imine (C=N–C) groups is 1. The lowest BCUT2D eigenvalue weighted by atomic mass is 10.0. The molecule has 0 spiro atoms. The van der Waals surface area contributed by atoms with Crippen molar-refractivity contribution < 1.29 is 29.4 Å². The lowest BCUT2D eigenvalue weighted by molar-refractivity contribution is -0.143. The van der Waals surface area contributed by atoms with Gasteiger partial charge in [0.1, 0.15) is 18.1 Å². The molecular weight excluding hydrogens is 478 g/mol. The zero-order valence-electron chi connectivity index (χ0n) is 20.8. The monoisotopic (exact) mass is 519 g/mol. The normalized spacial score (nSPS) is 15.3. The third-order valence-corrected chi connectivity index (χ3v) is 5.58. The van der Waals surface area contributed by atoms with Crippen molar-refractivity contribution in [3.8, 4) is 0 Å². The average Bonchev–Trinajstić information content (AvgIpc) is 2.75. The average molecular weight is 520 g/mol. The number of thioether (sulfide) groups is 1. The number of carbonyl (C=O) groups excluding carboxylic acids is 3. The molecule has 0 saturated heterocycles. The largest absolute Gasteiger partial charge is 0.480 e. The van der Waals surface area contributed by atoms with Gasteiger partial charge in [-0.25, -0.2) is 4.79 Å². The highest BCUT2D eigenvalue weighted by Gasteiger charge is 2.32. The first-order valence-corrected chi connectivity index (χ1v) is 12.8. The van der Waals surface area contributed by atoms with E-state index in [0.717, 1.165) is 0 Å². The summed E-state index contributed by atoms with van der Waals surface area (Å²) >= 11 is 1.46. The summed E-state index contributed by atoms with van der Waals surface area (Å²) in [5.41, 5.74) is 16.4. The molecule has 13 nitrogen and oxygen atoms in total. The molecule has 0 bridgehead atoms. The molecular formula is C21H41N7O6S. The van der Waals surface area contributed by atoms with E-state index in [1.54, 1.807) is 13.8 Å². The van der Waals surface area contributed by atoms with Gasteiger partial charge in [0.15, 0.2) is 5.96 Å². The van der Waals surface area contributed by atoms with Gasteiger partial charge in [0.2, 0.25) is 17.7 Å². The van der Waals surface area contributed by atoms with Crippen molar-refractivity contribution in [3.05, 3.63) is 0 Å². The Balaban J connectivity index is 5.28. The van der Waals surface area contributed by atoms with E-state index in [2.05, 4.69) is 20.9 Å². The van der Waals surface area contributed by atoms with Gasteiger partial charge in [-0.15, -0.1) is 0 Å². The number of hydrogen-bond acceptors (Lipinski definition) is 8. The lowest BCUT2D eigenvalue weighted by Gasteiger charge is -2.26. The molecule has 0 aromatic carbocycles. The minimum absolute atomic E-state index is 0.00852. The van der Waals surface area contributed by atoms with Gasteiger partial charge in [-0.1, -0.05) is 13.8 Å². The molecule has 0 radical (unpaired) electrons. The Morgan fingerprint density at radius 3 is 2.03 bits per heavy atom. The third-order valence-electron chi connectivity index (χ3n) is 4.93. The molecule has 0 aliphatic rings. The van der Waals surface area contributed by atoms with Crippen LogP contribution in [-0.4, -0.2) is 88.7 Å². The van der Waals surface area contributed by atoms with Crippen LogP contribution in [0.1, 0.15) is 46.5 Å². The number of carboxylic acid groups (broad SMARTS) is 1. The summed E-state index contributed by atoms with van der Waals surface area (Å²) < 4.78 is 0. The van der Waals surface area contributed by atoms with Gasteiger partial charge in [0.25, 0.3) is 0 Å². The molecule has 0 aliphatic heterocycles.